The van der Waals surface area contributed by atoms with E-state index in [1.807, 2.05) is 26.0 Å². The van der Waals surface area contributed by atoms with Crippen LogP contribution in [0.3, 0.4) is 0 Å². The molecule has 0 aliphatic rings. The van der Waals surface area contributed by atoms with Gasteiger partial charge in [0.15, 0.2) is 6.61 Å². The van der Waals surface area contributed by atoms with E-state index in [1.54, 1.807) is 0 Å². The number of nitrogens with one attached hydrogen (secondary N) is 1. The van der Waals surface area contributed by atoms with E-state index in [1.165, 1.54) is 18.2 Å². The number of aryl methyl sites for hydroxylation is 2. The Hall–Kier alpha value is -2.05. The summed E-state index contributed by atoms with van der Waals surface area (Å²) in [7, 11) is 0. The second-order valence-corrected chi connectivity index (χ2v) is 6.49. The molecule has 126 valence electrons. The standard InChI is InChI=1S/C17H15BrClNO4/c1-9-5-10(2)16(12(18)6-9)24-8-15(21)20-14-7-11(17(22)23)3-4-13(14)19/h3-7H,8H2,1-2H3,(H,20,21)(H,22,23). The molecule has 24 heavy (non-hydrogen) atoms. The average Bonchev–Trinajstić information content (AvgIpc) is 2.48. The van der Waals surface area contributed by atoms with Crippen LogP contribution in [0.2, 0.25) is 5.02 Å². The maximum Gasteiger partial charge on any atom is 0.335 e. The van der Waals surface area contributed by atoms with Gasteiger partial charge >= 0.3 is 5.97 Å². The average molecular weight is 413 g/mol. The van der Waals surface area contributed by atoms with Crippen LogP contribution < -0.4 is 10.1 Å². The van der Waals surface area contributed by atoms with Gasteiger partial charge in [-0.15, -0.1) is 0 Å². The zero-order valence-electron chi connectivity index (χ0n) is 13.0. The quantitative estimate of drug-likeness (QED) is 0.761. The van der Waals surface area contributed by atoms with Gasteiger partial charge in [0.05, 0.1) is 20.7 Å². The largest absolute Gasteiger partial charge is 0.482 e. The molecule has 0 saturated carbocycles. The van der Waals surface area contributed by atoms with E-state index >= 15 is 0 Å². The summed E-state index contributed by atoms with van der Waals surface area (Å²) in [6.45, 7) is 3.63. The molecule has 0 saturated heterocycles. The predicted octanol–water partition coefficient (Wildman–Crippen LogP) is 4.44. The summed E-state index contributed by atoms with van der Waals surface area (Å²) in [6.07, 6.45) is 0. The molecule has 0 aliphatic carbocycles. The molecule has 2 N–H and O–H groups in total. The number of rotatable bonds is 5. The summed E-state index contributed by atoms with van der Waals surface area (Å²) >= 11 is 9.38. The summed E-state index contributed by atoms with van der Waals surface area (Å²) in [4.78, 5) is 23.0. The van der Waals surface area contributed by atoms with Crippen molar-refractivity contribution in [3.63, 3.8) is 0 Å². The molecule has 0 radical (unpaired) electrons. The Bertz CT molecular complexity index is 784. The van der Waals surface area contributed by atoms with Crippen molar-refractivity contribution >= 4 is 45.1 Å². The Balaban J connectivity index is 2.07. The van der Waals surface area contributed by atoms with Crippen LogP contribution in [-0.4, -0.2) is 23.6 Å². The highest BCUT2D eigenvalue weighted by Gasteiger charge is 2.12. The molecule has 2 aromatic rings. The first-order valence-electron chi connectivity index (χ1n) is 7.00. The maximum absolute atomic E-state index is 12.1. The third-order valence-corrected chi connectivity index (χ3v) is 4.13. The number of aromatic carboxylic acids is 1. The van der Waals surface area contributed by atoms with Crippen LogP contribution in [-0.2, 0) is 4.79 Å². The number of hydrogen-bond acceptors (Lipinski definition) is 3. The van der Waals surface area contributed by atoms with E-state index in [4.69, 9.17) is 21.4 Å². The number of carboxylic acids is 1. The van der Waals surface area contributed by atoms with E-state index < -0.39 is 11.9 Å². The number of carbonyl (C=O) groups is 2. The molecule has 0 heterocycles. The van der Waals surface area contributed by atoms with Crippen LogP contribution in [0.1, 0.15) is 21.5 Å². The smallest absolute Gasteiger partial charge is 0.335 e. The van der Waals surface area contributed by atoms with Gasteiger partial charge in [-0.2, -0.15) is 0 Å². The number of ether oxygens (including phenoxy) is 1. The maximum atomic E-state index is 12.1. The van der Waals surface area contributed by atoms with Gasteiger partial charge in [-0.1, -0.05) is 17.7 Å². The second-order valence-electron chi connectivity index (χ2n) is 5.23. The van der Waals surface area contributed by atoms with E-state index in [-0.39, 0.29) is 22.9 Å². The molecule has 2 rings (SSSR count). The third-order valence-electron chi connectivity index (χ3n) is 3.21. The van der Waals surface area contributed by atoms with Gasteiger partial charge < -0.3 is 15.2 Å². The lowest BCUT2D eigenvalue weighted by molar-refractivity contribution is -0.118. The van der Waals surface area contributed by atoms with Crippen molar-refractivity contribution in [3.8, 4) is 5.75 Å². The fourth-order valence-electron chi connectivity index (χ4n) is 2.16. The number of carboxylic acid groups (broad SMARTS) is 1. The topological polar surface area (TPSA) is 75.6 Å². The van der Waals surface area contributed by atoms with Crippen molar-refractivity contribution in [1.29, 1.82) is 0 Å². The Labute approximate surface area is 152 Å². The number of amides is 1. The van der Waals surface area contributed by atoms with Gasteiger partial charge in [0, 0.05) is 0 Å². The molecule has 0 spiro atoms. The van der Waals surface area contributed by atoms with Crippen LogP contribution in [0.4, 0.5) is 5.69 Å². The SMILES string of the molecule is Cc1cc(C)c(OCC(=O)Nc2cc(C(=O)O)ccc2Cl)c(Br)c1. The van der Waals surface area contributed by atoms with Crippen molar-refractivity contribution in [2.45, 2.75) is 13.8 Å². The number of anilines is 1. The monoisotopic (exact) mass is 411 g/mol. The molecular weight excluding hydrogens is 398 g/mol. The number of hydrogen-bond donors (Lipinski definition) is 2. The first-order chi connectivity index (χ1) is 11.3. The lowest BCUT2D eigenvalue weighted by atomic mass is 10.1. The first kappa shape index (κ1) is 18.3. The molecule has 0 aliphatic heterocycles. The number of carbonyl (C=O) groups excluding carboxylic acids is 1. The first-order valence-corrected chi connectivity index (χ1v) is 8.17. The van der Waals surface area contributed by atoms with Gasteiger partial charge in [-0.05, 0) is 65.2 Å². The zero-order chi connectivity index (χ0) is 17.9. The summed E-state index contributed by atoms with van der Waals surface area (Å²) < 4.78 is 6.32. The second kappa shape index (κ2) is 7.68. The highest BCUT2D eigenvalue weighted by molar-refractivity contribution is 9.10. The molecule has 5 nitrogen and oxygen atoms in total. The lowest BCUT2D eigenvalue weighted by Crippen LogP contribution is -2.21. The Morgan fingerprint density at radius 2 is 1.96 bits per heavy atom. The van der Waals surface area contributed by atoms with Crippen LogP contribution in [0.15, 0.2) is 34.8 Å². The van der Waals surface area contributed by atoms with Gasteiger partial charge in [-0.25, -0.2) is 4.79 Å². The van der Waals surface area contributed by atoms with Crippen molar-refractivity contribution in [1.82, 2.24) is 0 Å². The number of benzene rings is 2. The fourth-order valence-corrected chi connectivity index (χ4v) is 3.12. The molecule has 7 heteroatoms. The summed E-state index contributed by atoms with van der Waals surface area (Å²) in [6, 6.07) is 7.93. The molecular formula is C17H15BrClNO4. The summed E-state index contributed by atoms with van der Waals surface area (Å²) in [5, 5.41) is 11.8. The molecule has 0 fully saturated rings. The fraction of sp³-hybridized carbons (Fsp3) is 0.176. The van der Waals surface area contributed by atoms with Crippen molar-refractivity contribution in [2.75, 3.05) is 11.9 Å². The zero-order valence-corrected chi connectivity index (χ0v) is 15.4. The van der Waals surface area contributed by atoms with Gasteiger partial charge in [0.1, 0.15) is 5.75 Å². The highest BCUT2D eigenvalue weighted by Crippen LogP contribution is 2.30. The minimum atomic E-state index is -1.10. The minimum Gasteiger partial charge on any atom is -0.482 e. The molecule has 0 unspecified atom stereocenters. The Kier molecular flexibility index (Phi) is 5.85. The number of halogens is 2. The van der Waals surface area contributed by atoms with Gasteiger partial charge in [-0.3, -0.25) is 4.79 Å². The molecule has 0 aromatic heterocycles. The minimum absolute atomic E-state index is 0.0349. The lowest BCUT2D eigenvalue weighted by Gasteiger charge is -2.13. The van der Waals surface area contributed by atoms with Crippen LogP contribution >= 0.6 is 27.5 Å². The molecule has 1 amide bonds. The third kappa shape index (κ3) is 4.49. The molecule has 0 bridgehead atoms. The van der Waals surface area contributed by atoms with Crippen LogP contribution in [0.5, 0.6) is 5.75 Å². The van der Waals surface area contributed by atoms with E-state index in [0.717, 1.165) is 15.6 Å². The van der Waals surface area contributed by atoms with Crippen molar-refractivity contribution < 1.29 is 19.4 Å². The molecule has 2 aromatic carbocycles. The van der Waals surface area contributed by atoms with E-state index in [0.29, 0.717) is 5.75 Å². The van der Waals surface area contributed by atoms with Gasteiger partial charge in [0.25, 0.3) is 5.91 Å². The predicted molar refractivity (Wildman–Crippen MR) is 96.2 cm³/mol. The van der Waals surface area contributed by atoms with E-state index in [2.05, 4.69) is 21.2 Å². The van der Waals surface area contributed by atoms with Crippen molar-refractivity contribution in [2.24, 2.45) is 0 Å². The normalized spacial score (nSPS) is 10.3. The van der Waals surface area contributed by atoms with Crippen molar-refractivity contribution in [3.05, 3.63) is 56.5 Å². The van der Waals surface area contributed by atoms with E-state index in [9.17, 15) is 9.59 Å². The highest BCUT2D eigenvalue weighted by atomic mass is 79.9. The van der Waals surface area contributed by atoms with Crippen LogP contribution in [0.25, 0.3) is 0 Å². The Morgan fingerprint density at radius 1 is 1.25 bits per heavy atom. The van der Waals surface area contributed by atoms with Gasteiger partial charge in [0.2, 0.25) is 0 Å². The van der Waals surface area contributed by atoms with Crippen LogP contribution in [0, 0.1) is 13.8 Å². The summed E-state index contributed by atoms with van der Waals surface area (Å²) in [5.74, 6) is -0.954. The Morgan fingerprint density at radius 3 is 2.58 bits per heavy atom. The molecule has 0 atom stereocenters. The summed E-state index contributed by atoms with van der Waals surface area (Å²) in [5.41, 5.74) is 2.24.